The second-order valence-corrected chi connectivity index (χ2v) is 45.9. The summed E-state index contributed by atoms with van der Waals surface area (Å²) in [6.07, 6.45) is 12.0. The van der Waals surface area contributed by atoms with Crippen molar-refractivity contribution in [2.24, 2.45) is 0 Å². The normalized spacial score (nSPS) is 12.9. The van der Waals surface area contributed by atoms with Gasteiger partial charge in [-0.25, -0.2) is 15.0 Å². The number of rotatable bonds is 10. The first-order valence-corrected chi connectivity index (χ1v) is 60.6. The maximum atomic E-state index is 6.64. The molecule has 0 unspecified atom stereocenters. The number of halogens is 4. The van der Waals surface area contributed by atoms with Gasteiger partial charge >= 0.3 is 134 Å². The summed E-state index contributed by atoms with van der Waals surface area (Å²) in [6.45, 7) is 17.9. The minimum atomic E-state index is -3.06. The monoisotopic (exact) mass is 1780 g/mol. The largest absolute Gasteiger partial charge is 2.00 e. The summed E-state index contributed by atoms with van der Waals surface area (Å²) in [6, 6.07) is 63.5. The zero-order chi connectivity index (χ0) is 67.3. The number of benzene rings is 8. The van der Waals surface area contributed by atoms with Crippen LogP contribution in [-0.2, 0) is 58.6 Å². The zero-order valence-electron chi connectivity index (χ0n) is 56.0. The summed E-state index contributed by atoms with van der Waals surface area (Å²) in [7, 11) is 20.0. The number of nitrogens with zero attached hydrogens (tertiary/aromatic N) is 8. The van der Waals surface area contributed by atoms with Gasteiger partial charge in [0.2, 0.25) is 0 Å². The number of hydrogen-bond donors (Lipinski definition) is 0. The van der Waals surface area contributed by atoms with Gasteiger partial charge in [0, 0.05) is 86.3 Å². The molecule has 0 spiro atoms. The van der Waals surface area contributed by atoms with E-state index in [1.165, 1.54) is 146 Å². The molecule has 8 aromatic heterocycles. The van der Waals surface area contributed by atoms with Gasteiger partial charge < -0.3 is 18.4 Å². The molecule has 98 heavy (non-hydrogen) atoms. The van der Waals surface area contributed by atoms with Crippen LogP contribution < -0.4 is 9.47 Å². The van der Waals surface area contributed by atoms with Gasteiger partial charge in [-0.15, -0.1) is 29.7 Å². The minimum Gasteiger partial charge on any atom is 2.00 e. The van der Waals surface area contributed by atoms with Gasteiger partial charge in [0.25, 0.3) is 0 Å². The Morgan fingerprint density at radius 3 is 1.48 bits per heavy atom. The summed E-state index contributed by atoms with van der Waals surface area (Å²) >= 11 is -0.556. The molecule has 0 saturated heterocycles. The Bertz CT molecular complexity index is 5460. The molecule has 10 nitrogen and oxygen atoms in total. The number of aromatic nitrogens is 8. The SMILES string of the molecule is CC(C)c1ccnc(-n2c3[c-]c(Oc4[c-]c5c(cc4)c4cc(C(C)C)cc6c4n4c(cnc54)CC6)ccc3c3ccccc32)c1.CC(C)c1ccnc(-n2c3ccccc3c3ccc(Oc4ccc5c(c4)c4ncc6n4c4c(cc(C(C)C)cc54)CC6)cc32)c1.[Cl][Pt]([Cl])([Cl])[Cl].[K][K].[Pt+2]. The van der Waals surface area contributed by atoms with E-state index in [1.54, 1.807) is 0 Å². The summed E-state index contributed by atoms with van der Waals surface area (Å²) in [5, 5.41) is 11.7. The molecular weight excluding hydrogens is 1720 g/mol. The summed E-state index contributed by atoms with van der Waals surface area (Å²) < 4.78 is 22.3. The van der Waals surface area contributed by atoms with Crippen LogP contribution in [0.2, 0.25) is 0 Å². The Morgan fingerprint density at radius 1 is 0.418 bits per heavy atom. The third-order valence-electron chi connectivity index (χ3n) is 19.1. The van der Waals surface area contributed by atoms with Crippen LogP contribution in [0, 0.1) is 12.1 Å². The van der Waals surface area contributed by atoms with Crippen molar-refractivity contribution < 1.29 is 42.4 Å². The molecule has 488 valence electrons. The average Bonchev–Trinajstić information content (AvgIpc) is 1.46. The molecule has 0 radical (unpaired) electrons. The van der Waals surface area contributed by atoms with Gasteiger partial charge in [0.15, 0.2) is 0 Å². The van der Waals surface area contributed by atoms with Crippen molar-refractivity contribution in [1.82, 2.24) is 37.9 Å². The van der Waals surface area contributed by atoms with Crippen LogP contribution >= 0.6 is 37.7 Å². The molecule has 18 heteroatoms. The molecular formula is C80H66Cl4K2N8O2Pt2. The third-order valence-corrected chi connectivity index (χ3v) is 19.1. The van der Waals surface area contributed by atoms with Crippen LogP contribution in [0.5, 0.6) is 23.0 Å². The molecule has 2 aliphatic rings. The van der Waals surface area contributed by atoms with E-state index < -0.39 is 11.9 Å². The first-order chi connectivity index (χ1) is 46.9. The molecule has 0 atom stereocenters. The summed E-state index contributed by atoms with van der Waals surface area (Å²) in [4.78, 5) is 19.4. The molecule has 2 aliphatic heterocycles. The van der Waals surface area contributed by atoms with Crippen molar-refractivity contribution in [3.05, 3.63) is 239 Å². The molecule has 0 aliphatic carbocycles. The van der Waals surface area contributed by atoms with E-state index in [1.807, 2.05) is 30.7 Å². The minimum absolute atomic E-state index is 0. The smallest absolute Gasteiger partial charge is 2.00 e. The number of aryl methyl sites for hydroxylation is 4. The van der Waals surface area contributed by atoms with Crippen LogP contribution in [0.4, 0.5) is 0 Å². The average molecular weight is 1780 g/mol. The van der Waals surface area contributed by atoms with E-state index in [2.05, 4.69) is 237 Å². The van der Waals surface area contributed by atoms with E-state index in [0.29, 0.717) is 35.2 Å². The topological polar surface area (TPSA) is 88.7 Å². The Labute approximate surface area is 648 Å². The predicted octanol–water partition coefficient (Wildman–Crippen LogP) is 22.1. The van der Waals surface area contributed by atoms with E-state index in [-0.39, 0.29) is 21.1 Å². The van der Waals surface area contributed by atoms with Crippen LogP contribution in [0.3, 0.4) is 0 Å². The van der Waals surface area contributed by atoms with Gasteiger partial charge in [0.1, 0.15) is 28.8 Å². The summed E-state index contributed by atoms with van der Waals surface area (Å²) in [5.74, 6) is 6.40. The Kier molecular flexibility index (Phi) is 20.8. The van der Waals surface area contributed by atoms with Crippen LogP contribution in [-0.4, -0.2) is 101 Å². The maximum absolute atomic E-state index is 6.64. The number of para-hydroxylation sites is 2. The van der Waals surface area contributed by atoms with E-state index in [4.69, 9.17) is 67.1 Å². The van der Waals surface area contributed by atoms with Crippen LogP contribution in [0.1, 0.15) is 124 Å². The van der Waals surface area contributed by atoms with Crippen molar-refractivity contribution in [2.45, 2.75) is 105 Å². The van der Waals surface area contributed by atoms with Crippen molar-refractivity contribution >= 4 is 199 Å². The first kappa shape index (κ1) is 70.5. The quantitative estimate of drug-likeness (QED) is 0.0770. The number of fused-ring (bicyclic) bond motifs is 12. The predicted molar refractivity (Wildman–Crippen MR) is 401 cm³/mol. The van der Waals surface area contributed by atoms with Gasteiger partial charge in [0.05, 0.1) is 22.2 Å². The fourth-order valence-electron chi connectivity index (χ4n) is 14.4. The summed E-state index contributed by atoms with van der Waals surface area (Å²) in [5.41, 5.74) is 19.4. The van der Waals surface area contributed by atoms with E-state index >= 15 is 0 Å². The molecule has 0 fully saturated rings. The second kappa shape index (κ2) is 29.0. The third kappa shape index (κ3) is 13.3. The van der Waals surface area contributed by atoms with Crippen molar-refractivity contribution in [3.63, 3.8) is 0 Å². The van der Waals surface area contributed by atoms with Crippen LogP contribution in [0.15, 0.2) is 183 Å². The molecule has 0 amide bonds. The van der Waals surface area contributed by atoms with E-state index in [0.717, 1.165) is 109 Å². The molecule has 8 aromatic carbocycles. The van der Waals surface area contributed by atoms with E-state index in [9.17, 15) is 0 Å². The Hall–Kier alpha value is -4.51. The molecule has 16 aromatic rings. The van der Waals surface area contributed by atoms with Gasteiger partial charge in [-0.3, -0.25) is 14.0 Å². The number of imidazole rings is 2. The van der Waals surface area contributed by atoms with Gasteiger partial charge in [-0.2, -0.15) is 6.07 Å². The van der Waals surface area contributed by atoms with Gasteiger partial charge in [-0.1, -0.05) is 132 Å². The fraction of sp³-hybridized carbons (Fsp3) is 0.200. The van der Waals surface area contributed by atoms with Gasteiger partial charge in [-0.05, 0) is 172 Å². The number of pyridine rings is 4. The zero-order valence-corrected chi connectivity index (χ0v) is 69.8. The Balaban J connectivity index is 0.000000152. The molecule has 0 saturated carbocycles. The van der Waals surface area contributed by atoms with Crippen molar-refractivity contribution in [3.8, 4) is 34.6 Å². The molecule has 0 bridgehead atoms. The number of hydrogen-bond acceptors (Lipinski definition) is 6. The number of ether oxygens (including phenoxy) is 2. The first-order valence-electron chi connectivity index (χ1n) is 33.3. The van der Waals surface area contributed by atoms with Crippen molar-refractivity contribution in [1.29, 1.82) is 0 Å². The molecule has 18 rings (SSSR count). The maximum Gasteiger partial charge on any atom is 2.00 e. The van der Waals surface area contributed by atoms with Crippen molar-refractivity contribution in [2.75, 3.05) is 0 Å². The molecule has 0 N–H and O–H groups in total. The second-order valence-electron chi connectivity index (χ2n) is 26.2. The molecule has 10 heterocycles. The fourth-order valence-corrected chi connectivity index (χ4v) is 14.4. The van der Waals surface area contributed by atoms with Crippen LogP contribution in [0.25, 0.3) is 110 Å². The Morgan fingerprint density at radius 2 is 0.888 bits per heavy atom. The standard InChI is InChI=1S/C40H34N4O.C40H32N4O.4ClH.2K.2Pt/c2*1-23(2)25-15-16-41-38(19-25)44-36-8-6-5-7-32(36)33-14-12-30(21-37(33)44)45-29-11-13-31-34-18-27(24(3)4)17-26-9-10-28-22-42-40(35(31)20-29)43(28)39(26)34;;;;;;;;/h5-8,11-24H,9-10H2,1-4H3;5-8,11-19,22-24H,9-10H2,1-4H3;4*1H;;;;/q;-2;;;;;;;+2;+4/p-4.